The van der Waals surface area contributed by atoms with Gasteiger partial charge in [-0.05, 0) is 15.9 Å². The van der Waals surface area contributed by atoms with Gasteiger partial charge in [0.1, 0.15) is 0 Å². The third-order valence-electron chi connectivity index (χ3n) is 0.392. The van der Waals surface area contributed by atoms with Gasteiger partial charge in [-0.1, -0.05) is 15.9 Å². The second kappa shape index (κ2) is 3.08. The number of hydrogen-bond donors (Lipinski definition) is 0. The average Bonchev–Trinajstić information content (AvgIpc) is 1.21. The summed E-state index contributed by atoms with van der Waals surface area (Å²) >= 11 is 4.46. The van der Waals surface area contributed by atoms with E-state index in [0.717, 1.165) is 0 Å². The van der Waals surface area contributed by atoms with Crippen molar-refractivity contribution < 1.29 is 13.9 Å². The Kier molecular flexibility index (Phi) is 3.38. The van der Waals surface area contributed by atoms with Crippen LogP contribution in [0.15, 0.2) is 0 Å². The highest BCUT2D eigenvalue weighted by Gasteiger charge is 2.27. The first-order valence-electron chi connectivity index (χ1n) is 1.78. The minimum Gasteiger partial charge on any atom is -0.220 e. The first kappa shape index (κ1) is 8.78. The zero-order valence-electron chi connectivity index (χ0n) is 3.70. The molecule has 0 aromatic carbocycles. The Morgan fingerprint density at radius 2 is 2.00 bits per heavy atom. The average molecular weight is 253 g/mol. The molecule has 49 valence electrons. The second-order valence-corrected chi connectivity index (χ2v) is 3.41. The van der Waals surface area contributed by atoms with Crippen LogP contribution in [-0.2, 0) is 5.11 Å². The van der Waals surface area contributed by atoms with Crippen molar-refractivity contribution in [3.8, 4) is 0 Å². The molecule has 1 radical (unpaired) electrons. The molecule has 1 nitrogen and oxygen atoms in total. The molecule has 0 amide bonds. The summed E-state index contributed by atoms with van der Waals surface area (Å²) in [6.45, 7) is 0. The minimum atomic E-state index is -3.02. The van der Waals surface area contributed by atoms with Crippen LogP contribution in [0.3, 0.4) is 0 Å². The van der Waals surface area contributed by atoms with Gasteiger partial charge in [0.15, 0.2) is 5.01 Å². The van der Waals surface area contributed by atoms with Crippen LogP contribution >= 0.6 is 31.9 Å². The smallest absolute Gasteiger partial charge is 0.220 e. The molecule has 1 unspecified atom stereocenters. The standard InChI is InChI=1S/C3H3Br2F2O/c4-2(8)1-3(5,6)7/h2H,1H2. The summed E-state index contributed by atoms with van der Waals surface area (Å²) in [5, 5.41) is 8.56. The van der Waals surface area contributed by atoms with Gasteiger partial charge in [-0.3, -0.25) is 0 Å². The zero-order chi connectivity index (χ0) is 6.78. The van der Waals surface area contributed by atoms with E-state index in [1.807, 2.05) is 15.9 Å². The van der Waals surface area contributed by atoms with Gasteiger partial charge in [0.25, 0.3) is 0 Å². The van der Waals surface area contributed by atoms with Crippen LogP contribution in [0.1, 0.15) is 6.42 Å². The van der Waals surface area contributed by atoms with E-state index in [1.165, 1.54) is 0 Å². The van der Waals surface area contributed by atoms with Crippen LogP contribution in [-0.4, -0.2) is 9.85 Å². The molecule has 8 heavy (non-hydrogen) atoms. The molecule has 0 bridgehead atoms. The molecule has 0 heterocycles. The summed E-state index contributed by atoms with van der Waals surface area (Å²) in [5.41, 5.74) is 0. The Morgan fingerprint density at radius 1 is 1.62 bits per heavy atom. The molecule has 0 aliphatic heterocycles. The van der Waals surface area contributed by atoms with Gasteiger partial charge in [-0.15, -0.1) is 0 Å². The van der Waals surface area contributed by atoms with Crippen LogP contribution in [0.5, 0.6) is 0 Å². The Morgan fingerprint density at radius 3 is 2.00 bits per heavy atom. The number of hydrogen-bond acceptors (Lipinski definition) is 0. The molecule has 0 saturated carbocycles. The van der Waals surface area contributed by atoms with Crippen molar-refractivity contribution in [2.75, 3.05) is 0 Å². The van der Waals surface area contributed by atoms with Gasteiger partial charge >= 0.3 is 4.83 Å². The largest absolute Gasteiger partial charge is 0.304 e. The lowest BCUT2D eigenvalue weighted by Gasteiger charge is -2.05. The number of alkyl halides is 4. The van der Waals surface area contributed by atoms with E-state index < -0.39 is 16.3 Å². The second-order valence-electron chi connectivity index (χ2n) is 1.23. The maximum atomic E-state index is 11.7. The van der Waals surface area contributed by atoms with Crippen LogP contribution in [0, 0.1) is 0 Å². The summed E-state index contributed by atoms with van der Waals surface area (Å²) in [4.78, 5) is -3.02. The Hall–Kier alpha value is 0.780. The van der Waals surface area contributed by atoms with Gasteiger partial charge in [0, 0.05) is 0 Å². The highest BCUT2D eigenvalue weighted by molar-refractivity contribution is 9.10. The predicted molar refractivity (Wildman–Crippen MR) is 31.9 cm³/mol. The fraction of sp³-hybridized carbons (Fsp3) is 1.00. The van der Waals surface area contributed by atoms with Gasteiger partial charge in [0.05, 0.1) is 6.42 Å². The molecule has 0 N–H and O–H groups in total. The third-order valence-corrected chi connectivity index (χ3v) is 1.04. The molecular weight excluding hydrogens is 250 g/mol. The fourth-order valence-corrected chi connectivity index (χ4v) is 1.32. The molecule has 0 aliphatic carbocycles. The molecule has 5 heteroatoms. The van der Waals surface area contributed by atoms with E-state index in [4.69, 9.17) is 0 Å². The fourth-order valence-electron chi connectivity index (χ4n) is 0.182. The van der Waals surface area contributed by atoms with E-state index in [-0.39, 0.29) is 0 Å². The summed E-state index contributed by atoms with van der Waals surface area (Å²) < 4.78 is 23.3. The van der Waals surface area contributed by atoms with E-state index >= 15 is 0 Å². The number of halogens is 4. The van der Waals surface area contributed by atoms with E-state index in [0.29, 0.717) is 0 Å². The lowest BCUT2D eigenvalue weighted by Crippen LogP contribution is -2.10. The van der Waals surface area contributed by atoms with E-state index in [9.17, 15) is 13.9 Å². The molecule has 0 rings (SSSR count). The van der Waals surface area contributed by atoms with Crippen LogP contribution in [0.25, 0.3) is 0 Å². The highest BCUT2D eigenvalue weighted by Crippen LogP contribution is 2.28. The molecule has 0 fully saturated rings. The van der Waals surface area contributed by atoms with E-state index in [2.05, 4.69) is 15.9 Å². The highest BCUT2D eigenvalue weighted by atomic mass is 79.9. The predicted octanol–water partition coefficient (Wildman–Crippen LogP) is 2.52. The Balaban J connectivity index is 3.39. The molecular formula is C3H3Br2F2O. The maximum Gasteiger partial charge on any atom is 0.304 e. The zero-order valence-corrected chi connectivity index (χ0v) is 6.88. The van der Waals surface area contributed by atoms with Gasteiger partial charge < -0.3 is 0 Å². The Labute approximate surface area is 62.3 Å². The quantitative estimate of drug-likeness (QED) is 0.674. The lowest BCUT2D eigenvalue weighted by atomic mass is 10.5. The van der Waals surface area contributed by atoms with Crippen molar-refractivity contribution >= 4 is 31.9 Å². The monoisotopic (exact) mass is 251 g/mol. The van der Waals surface area contributed by atoms with E-state index in [1.54, 1.807) is 0 Å². The van der Waals surface area contributed by atoms with Gasteiger partial charge in [-0.25, -0.2) is 5.11 Å². The van der Waals surface area contributed by atoms with Crippen LogP contribution in [0.4, 0.5) is 8.78 Å². The first-order valence-corrected chi connectivity index (χ1v) is 3.49. The van der Waals surface area contributed by atoms with Gasteiger partial charge in [0.2, 0.25) is 0 Å². The maximum absolute atomic E-state index is 11.7. The molecule has 0 aromatic rings. The summed E-state index contributed by atoms with van der Waals surface area (Å²) in [7, 11) is 0. The first-order chi connectivity index (χ1) is 3.42. The van der Waals surface area contributed by atoms with Crippen LogP contribution in [0.2, 0.25) is 0 Å². The third kappa shape index (κ3) is 6.78. The van der Waals surface area contributed by atoms with Crippen molar-refractivity contribution in [2.24, 2.45) is 0 Å². The minimum absolute atomic E-state index is 0.729. The van der Waals surface area contributed by atoms with Gasteiger partial charge in [-0.2, -0.15) is 8.78 Å². The van der Waals surface area contributed by atoms with Crippen LogP contribution < -0.4 is 0 Å². The lowest BCUT2D eigenvalue weighted by molar-refractivity contribution is 0.0492. The molecule has 0 spiro atoms. The topological polar surface area (TPSA) is 19.9 Å². The van der Waals surface area contributed by atoms with Crippen molar-refractivity contribution in [2.45, 2.75) is 16.3 Å². The van der Waals surface area contributed by atoms with Crippen molar-refractivity contribution in [3.63, 3.8) is 0 Å². The molecule has 0 saturated heterocycles. The summed E-state index contributed by atoms with van der Waals surface area (Å²) in [6.07, 6.45) is -0.729. The molecule has 0 aromatic heterocycles. The van der Waals surface area contributed by atoms with Crippen molar-refractivity contribution in [1.82, 2.24) is 0 Å². The Bertz CT molecular complexity index is 70.2. The summed E-state index contributed by atoms with van der Waals surface area (Å²) in [5.74, 6) is 0. The summed E-state index contributed by atoms with van der Waals surface area (Å²) in [6, 6.07) is 0. The SMILES string of the molecule is [O]C(Br)CC(F)(F)Br. The van der Waals surface area contributed by atoms with Crippen molar-refractivity contribution in [3.05, 3.63) is 0 Å². The number of rotatable bonds is 2. The van der Waals surface area contributed by atoms with Crippen molar-refractivity contribution in [1.29, 1.82) is 0 Å². The molecule has 1 atom stereocenters. The normalized spacial score (nSPS) is 16.1. The molecule has 0 aliphatic rings.